The lowest BCUT2D eigenvalue weighted by Gasteiger charge is -2.07. The molecule has 1 N–H and O–H groups in total. The van der Waals surface area contributed by atoms with Crippen LogP contribution in [0.4, 0.5) is 0 Å². The Kier molecular flexibility index (Phi) is 20.4. The Morgan fingerprint density at radius 3 is 2.30 bits per heavy atom. The number of rotatable bonds is 14. The van der Waals surface area contributed by atoms with Gasteiger partial charge in [0, 0.05) is 37.5 Å². The van der Waals surface area contributed by atoms with E-state index in [2.05, 4.69) is 98.4 Å². The van der Waals surface area contributed by atoms with Gasteiger partial charge in [0.15, 0.2) is 0 Å². The van der Waals surface area contributed by atoms with Crippen LogP contribution in [0.15, 0.2) is 109 Å². The molecule has 2 aromatic carbocycles. The average Bonchev–Trinajstić information content (AvgIpc) is 3.50. The molecule has 0 amide bonds. The van der Waals surface area contributed by atoms with Crippen LogP contribution in [0.2, 0.25) is 5.02 Å². The number of aryl methyl sites for hydroxylation is 1. The quantitative estimate of drug-likeness (QED) is 0.177. The zero-order chi connectivity index (χ0) is 34.3. The number of aliphatic hydroxyl groups is 1. The van der Waals surface area contributed by atoms with Crippen molar-refractivity contribution in [1.82, 2.24) is 9.55 Å². The smallest absolute Gasteiger partial charge is 0.136 e. The van der Waals surface area contributed by atoms with Crippen molar-refractivity contribution in [2.24, 2.45) is 0 Å². The zero-order valence-corrected chi connectivity index (χ0v) is 29.9. The highest BCUT2D eigenvalue weighted by atomic mass is 35.5. The fourth-order valence-corrected chi connectivity index (χ4v) is 4.72. The number of methoxy groups -OCH3 is 1. The van der Waals surface area contributed by atoms with Gasteiger partial charge < -0.3 is 19.1 Å². The highest BCUT2D eigenvalue weighted by Crippen LogP contribution is 2.28. The molecule has 0 saturated carbocycles. The largest absolute Gasteiger partial charge is 0.494 e. The summed E-state index contributed by atoms with van der Waals surface area (Å²) in [6.07, 6.45) is 22.2. The topological polar surface area (TPSA) is 56.5 Å². The molecule has 46 heavy (non-hydrogen) atoms. The zero-order valence-electron chi connectivity index (χ0n) is 29.2. The molecule has 6 heteroatoms. The Morgan fingerprint density at radius 2 is 1.70 bits per heavy atom. The number of aromatic nitrogens is 2. The summed E-state index contributed by atoms with van der Waals surface area (Å²) in [4.78, 5) is 5.09. The van der Waals surface area contributed by atoms with Crippen LogP contribution >= 0.6 is 11.6 Å². The number of hydrogen-bond acceptors (Lipinski definition) is 4. The van der Waals surface area contributed by atoms with Gasteiger partial charge in [-0.1, -0.05) is 105 Å². The van der Waals surface area contributed by atoms with E-state index in [1.165, 1.54) is 0 Å². The standard InChI is InChI=1S/C37H43ClN2O2.C2H6.CH4O/c1-7-10-14-30(27-41-6)15-11-12-24-40-26-36(35-23-20-33(38)25-29(35)5)39-37(40)28(4)16-17-31(13-8-2)32-18-21-34(22-19-32)42-9-3;2*1-2/h8,10-23,25-26H,7,9,24,27H2,1-6H3;1-2H3;2H,1H3/b12-11+,13-8-,14-10-,28-16+,30-15+,31-17+;;. The molecule has 1 aromatic heterocycles. The van der Waals surface area contributed by atoms with Crippen molar-refractivity contribution in [3.63, 3.8) is 0 Å². The first-order valence-electron chi connectivity index (χ1n) is 15.9. The fraction of sp³-hybridized carbons (Fsp3) is 0.325. The summed E-state index contributed by atoms with van der Waals surface area (Å²) in [6.45, 7) is 16.2. The minimum absolute atomic E-state index is 0.578. The molecule has 1 heterocycles. The van der Waals surface area contributed by atoms with Crippen LogP contribution in [-0.2, 0) is 11.3 Å². The number of ether oxygens (including phenoxy) is 2. The van der Waals surface area contributed by atoms with Gasteiger partial charge in [0.2, 0.25) is 0 Å². The maximum absolute atomic E-state index is 7.00. The predicted octanol–water partition coefficient (Wildman–Crippen LogP) is 10.7. The van der Waals surface area contributed by atoms with Gasteiger partial charge in [-0.2, -0.15) is 0 Å². The Morgan fingerprint density at radius 1 is 0.978 bits per heavy atom. The first-order chi connectivity index (χ1) is 22.4. The van der Waals surface area contributed by atoms with Gasteiger partial charge in [-0.25, -0.2) is 4.98 Å². The van der Waals surface area contributed by atoms with Gasteiger partial charge in [-0.15, -0.1) is 0 Å². The normalized spacial score (nSPS) is 12.4. The van der Waals surface area contributed by atoms with E-state index in [1.54, 1.807) is 7.11 Å². The Balaban J connectivity index is 0.00000254. The van der Waals surface area contributed by atoms with E-state index in [0.717, 1.165) is 69.2 Å². The summed E-state index contributed by atoms with van der Waals surface area (Å²) < 4.78 is 13.2. The maximum Gasteiger partial charge on any atom is 0.136 e. The van der Waals surface area contributed by atoms with E-state index >= 15 is 0 Å². The second-order valence-electron chi connectivity index (χ2n) is 9.90. The van der Waals surface area contributed by atoms with E-state index in [0.29, 0.717) is 19.8 Å². The Labute approximate surface area is 283 Å². The van der Waals surface area contributed by atoms with Crippen LogP contribution in [0.5, 0.6) is 5.75 Å². The molecule has 0 unspecified atom stereocenters. The molecule has 0 radical (unpaired) electrons. The van der Waals surface area contributed by atoms with Gasteiger partial charge in [-0.05, 0) is 86.2 Å². The number of nitrogens with zero attached hydrogens (tertiary/aromatic N) is 2. The van der Waals surface area contributed by atoms with Crippen LogP contribution in [0, 0.1) is 6.92 Å². The molecule has 0 aliphatic heterocycles. The van der Waals surface area contributed by atoms with Crippen molar-refractivity contribution in [2.75, 3.05) is 27.4 Å². The summed E-state index contributed by atoms with van der Waals surface area (Å²) in [5.41, 5.74) is 7.52. The molecule has 0 spiro atoms. The van der Waals surface area contributed by atoms with E-state index in [-0.39, 0.29) is 0 Å². The second kappa shape index (κ2) is 23.4. The number of imidazole rings is 1. The number of benzene rings is 2. The lowest BCUT2D eigenvalue weighted by atomic mass is 10.0. The number of halogens is 1. The van der Waals surface area contributed by atoms with Crippen LogP contribution in [0.25, 0.3) is 22.4 Å². The second-order valence-corrected chi connectivity index (χ2v) is 10.3. The summed E-state index contributed by atoms with van der Waals surface area (Å²) in [5.74, 6) is 1.79. The average molecular weight is 645 g/mol. The predicted molar refractivity (Wildman–Crippen MR) is 199 cm³/mol. The van der Waals surface area contributed by atoms with Gasteiger partial charge in [-0.3, -0.25) is 0 Å². The summed E-state index contributed by atoms with van der Waals surface area (Å²) in [7, 11) is 2.72. The molecule has 3 aromatic rings. The van der Waals surface area contributed by atoms with Crippen LogP contribution in [0.1, 0.15) is 64.9 Å². The number of hydrogen-bond donors (Lipinski definition) is 1. The van der Waals surface area contributed by atoms with E-state index < -0.39 is 0 Å². The van der Waals surface area contributed by atoms with Crippen LogP contribution in [-0.4, -0.2) is 42.1 Å². The van der Waals surface area contributed by atoms with E-state index in [1.807, 2.05) is 58.0 Å². The lowest BCUT2D eigenvalue weighted by Crippen LogP contribution is -1.99. The van der Waals surface area contributed by atoms with E-state index in [4.69, 9.17) is 31.2 Å². The first-order valence-corrected chi connectivity index (χ1v) is 16.3. The Hall–Kier alpha value is -3.90. The SMILES string of the molecule is CC.CO.C\C=C/C(=C\C=C(/C)c1nc(-c2ccc(Cl)cc2C)cn1C/C=C/C=C(\C=C/CC)COC)c1ccc(OCC)cc1. The van der Waals surface area contributed by atoms with Crippen LogP contribution < -0.4 is 4.74 Å². The molecule has 248 valence electrons. The summed E-state index contributed by atoms with van der Waals surface area (Å²) >= 11 is 6.24. The minimum atomic E-state index is 0.578. The third-order valence-electron chi connectivity index (χ3n) is 6.58. The highest BCUT2D eigenvalue weighted by molar-refractivity contribution is 6.30. The monoisotopic (exact) mass is 644 g/mol. The van der Waals surface area contributed by atoms with Crippen molar-refractivity contribution in [3.8, 4) is 17.0 Å². The third-order valence-corrected chi connectivity index (χ3v) is 6.81. The summed E-state index contributed by atoms with van der Waals surface area (Å²) in [5, 5.41) is 7.72. The molecule has 0 aliphatic rings. The van der Waals surface area contributed by atoms with E-state index in [9.17, 15) is 0 Å². The molecule has 0 fully saturated rings. The summed E-state index contributed by atoms with van der Waals surface area (Å²) in [6, 6.07) is 14.1. The van der Waals surface area contributed by atoms with Crippen LogP contribution in [0.3, 0.4) is 0 Å². The van der Waals surface area contributed by atoms with Crippen molar-refractivity contribution in [1.29, 1.82) is 0 Å². The minimum Gasteiger partial charge on any atom is -0.494 e. The van der Waals surface area contributed by atoms with Gasteiger partial charge >= 0.3 is 0 Å². The highest BCUT2D eigenvalue weighted by Gasteiger charge is 2.12. The fourth-order valence-electron chi connectivity index (χ4n) is 4.49. The number of aliphatic hydroxyl groups excluding tert-OH is 1. The first kappa shape index (κ1) is 40.1. The number of allylic oxidation sites excluding steroid dienone is 10. The Bertz CT molecular complexity index is 1490. The van der Waals surface area contributed by atoms with Gasteiger partial charge in [0.25, 0.3) is 0 Å². The molecule has 0 saturated heterocycles. The molecular weight excluding hydrogens is 592 g/mol. The van der Waals surface area contributed by atoms with Crippen molar-refractivity contribution in [2.45, 2.75) is 61.4 Å². The maximum atomic E-state index is 7.00. The molecule has 0 aliphatic carbocycles. The molecule has 3 rings (SSSR count). The third kappa shape index (κ3) is 13.2. The molecule has 0 bridgehead atoms. The van der Waals surface area contributed by atoms with Gasteiger partial charge in [0.05, 0.1) is 18.9 Å². The molecule has 0 atom stereocenters. The molecule has 5 nitrogen and oxygen atoms in total. The van der Waals surface area contributed by atoms with Crippen molar-refractivity contribution >= 4 is 22.7 Å². The van der Waals surface area contributed by atoms with Gasteiger partial charge in [0.1, 0.15) is 11.6 Å². The lowest BCUT2D eigenvalue weighted by molar-refractivity contribution is 0.228. The molecular formula is C40H53ClN2O3. The van der Waals surface area contributed by atoms with Crippen molar-refractivity contribution < 1.29 is 14.6 Å². The van der Waals surface area contributed by atoms with Crippen molar-refractivity contribution in [3.05, 3.63) is 131 Å².